The van der Waals surface area contributed by atoms with Crippen molar-refractivity contribution in [1.82, 2.24) is 10.3 Å². The van der Waals surface area contributed by atoms with Crippen LogP contribution in [0.2, 0.25) is 0 Å². The monoisotopic (exact) mass is 407 g/mol. The summed E-state index contributed by atoms with van der Waals surface area (Å²) in [5, 5.41) is 5.75. The van der Waals surface area contributed by atoms with Gasteiger partial charge in [-0.15, -0.1) is 0 Å². The molecule has 2 N–H and O–H groups in total. The van der Waals surface area contributed by atoms with E-state index in [0.717, 1.165) is 16.7 Å². The van der Waals surface area contributed by atoms with Crippen LogP contribution in [-0.2, 0) is 6.54 Å². The molecule has 0 radical (unpaired) electrons. The van der Waals surface area contributed by atoms with Crippen LogP contribution >= 0.6 is 0 Å². The lowest BCUT2D eigenvalue weighted by Gasteiger charge is -2.09. The molecule has 4 aromatic rings. The van der Waals surface area contributed by atoms with Gasteiger partial charge in [-0.3, -0.25) is 14.6 Å². The molecule has 0 saturated carbocycles. The smallest absolute Gasteiger partial charge is 0.255 e. The maximum Gasteiger partial charge on any atom is 0.255 e. The molecule has 1 heterocycles. The summed E-state index contributed by atoms with van der Waals surface area (Å²) in [5.41, 5.74) is 4.91. The Labute approximate surface area is 180 Å². The van der Waals surface area contributed by atoms with E-state index in [-0.39, 0.29) is 11.8 Å². The highest BCUT2D eigenvalue weighted by molar-refractivity contribution is 6.04. The summed E-state index contributed by atoms with van der Waals surface area (Å²) in [5.74, 6) is -0.346. The van der Waals surface area contributed by atoms with Crippen molar-refractivity contribution in [2.45, 2.75) is 6.54 Å². The van der Waals surface area contributed by atoms with Crippen LogP contribution in [0.3, 0.4) is 0 Å². The van der Waals surface area contributed by atoms with Crippen LogP contribution in [0.4, 0.5) is 5.69 Å². The van der Waals surface area contributed by atoms with Crippen LogP contribution in [0.15, 0.2) is 103 Å². The van der Waals surface area contributed by atoms with Crippen LogP contribution < -0.4 is 10.6 Å². The Morgan fingerprint density at radius 3 is 2.06 bits per heavy atom. The van der Waals surface area contributed by atoms with Crippen LogP contribution in [0.1, 0.15) is 26.3 Å². The summed E-state index contributed by atoms with van der Waals surface area (Å²) in [4.78, 5) is 28.6. The Morgan fingerprint density at radius 1 is 0.677 bits per heavy atom. The standard InChI is InChI=1S/C26H21N3O2/c30-25(23-7-4-16-27-18-23)28-17-19-8-14-24(15-9-19)29-26(31)22-12-10-21(11-13-22)20-5-2-1-3-6-20/h1-16,18H,17H2,(H,28,30)(H,29,31). The van der Waals surface area contributed by atoms with Crippen molar-refractivity contribution >= 4 is 17.5 Å². The van der Waals surface area contributed by atoms with Gasteiger partial charge in [-0.2, -0.15) is 0 Å². The number of carbonyl (C=O) groups excluding carboxylic acids is 2. The summed E-state index contributed by atoms with van der Waals surface area (Å²) in [6.07, 6.45) is 3.15. The van der Waals surface area contributed by atoms with Crippen molar-refractivity contribution in [3.8, 4) is 11.1 Å². The number of anilines is 1. The fourth-order valence-corrected chi connectivity index (χ4v) is 3.14. The topological polar surface area (TPSA) is 71.1 Å². The van der Waals surface area contributed by atoms with Crippen molar-refractivity contribution in [3.63, 3.8) is 0 Å². The molecule has 152 valence electrons. The molecule has 3 aromatic carbocycles. The van der Waals surface area contributed by atoms with Crippen LogP contribution in [0.25, 0.3) is 11.1 Å². The molecular weight excluding hydrogens is 386 g/mol. The number of nitrogens with zero attached hydrogens (tertiary/aromatic N) is 1. The first-order chi connectivity index (χ1) is 15.2. The second-order valence-electron chi connectivity index (χ2n) is 7.02. The largest absolute Gasteiger partial charge is 0.348 e. The zero-order valence-corrected chi connectivity index (χ0v) is 16.8. The zero-order chi connectivity index (χ0) is 21.5. The normalized spacial score (nSPS) is 10.3. The van der Waals surface area contributed by atoms with Gasteiger partial charge in [0.1, 0.15) is 0 Å². The van der Waals surface area contributed by atoms with Crippen LogP contribution in [0, 0.1) is 0 Å². The van der Waals surface area contributed by atoms with Crippen LogP contribution in [-0.4, -0.2) is 16.8 Å². The molecule has 0 bridgehead atoms. The van der Waals surface area contributed by atoms with Gasteiger partial charge in [-0.1, -0.05) is 54.6 Å². The third-order valence-corrected chi connectivity index (χ3v) is 4.84. The number of hydrogen-bond acceptors (Lipinski definition) is 3. The van der Waals surface area contributed by atoms with Crippen molar-refractivity contribution in [3.05, 3.63) is 120 Å². The van der Waals surface area contributed by atoms with E-state index in [1.165, 1.54) is 6.20 Å². The third kappa shape index (κ3) is 5.22. The number of amides is 2. The second-order valence-corrected chi connectivity index (χ2v) is 7.02. The molecule has 4 rings (SSSR count). The first-order valence-corrected chi connectivity index (χ1v) is 9.93. The first kappa shape index (κ1) is 20.0. The Balaban J connectivity index is 1.33. The van der Waals surface area contributed by atoms with E-state index in [1.807, 2.05) is 78.9 Å². The molecule has 2 amide bonds. The molecule has 0 unspecified atom stereocenters. The van der Waals surface area contributed by atoms with E-state index in [4.69, 9.17) is 0 Å². The molecule has 0 saturated heterocycles. The zero-order valence-electron chi connectivity index (χ0n) is 16.8. The van der Waals surface area contributed by atoms with Gasteiger partial charge in [0.15, 0.2) is 0 Å². The van der Waals surface area contributed by atoms with E-state index in [0.29, 0.717) is 23.4 Å². The van der Waals surface area contributed by atoms with Gasteiger partial charge in [0.2, 0.25) is 0 Å². The van der Waals surface area contributed by atoms with Crippen molar-refractivity contribution < 1.29 is 9.59 Å². The van der Waals surface area contributed by atoms with E-state index in [9.17, 15) is 9.59 Å². The number of benzene rings is 3. The molecule has 0 aliphatic carbocycles. The van der Waals surface area contributed by atoms with Gasteiger partial charge >= 0.3 is 0 Å². The Bertz CT molecular complexity index is 1160. The van der Waals surface area contributed by atoms with E-state index in [2.05, 4.69) is 15.6 Å². The highest BCUT2D eigenvalue weighted by atomic mass is 16.2. The minimum Gasteiger partial charge on any atom is -0.348 e. The number of hydrogen-bond donors (Lipinski definition) is 2. The molecule has 0 aliphatic rings. The number of pyridine rings is 1. The van der Waals surface area contributed by atoms with Crippen molar-refractivity contribution in [2.24, 2.45) is 0 Å². The molecule has 0 atom stereocenters. The van der Waals surface area contributed by atoms with E-state index < -0.39 is 0 Å². The van der Waals surface area contributed by atoms with Gasteiger partial charge in [-0.05, 0) is 53.1 Å². The maximum atomic E-state index is 12.5. The third-order valence-electron chi connectivity index (χ3n) is 4.84. The molecular formula is C26H21N3O2. The molecule has 0 spiro atoms. The average molecular weight is 407 g/mol. The number of nitrogens with one attached hydrogen (secondary N) is 2. The maximum absolute atomic E-state index is 12.5. The fraction of sp³-hybridized carbons (Fsp3) is 0.0385. The molecule has 5 heteroatoms. The lowest BCUT2D eigenvalue weighted by Crippen LogP contribution is -2.22. The average Bonchev–Trinajstić information content (AvgIpc) is 2.84. The molecule has 0 aliphatic heterocycles. The molecule has 0 fully saturated rings. The minimum atomic E-state index is -0.176. The van der Waals surface area contributed by atoms with E-state index >= 15 is 0 Å². The van der Waals surface area contributed by atoms with E-state index in [1.54, 1.807) is 18.3 Å². The highest BCUT2D eigenvalue weighted by Crippen LogP contribution is 2.20. The van der Waals surface area contributed by atoms with Gasteiger partial charge in [0, 0.05) is 30.2 Å². The van der Waals surface area contributed by atoms with Gasteiger partial charge in [0.25, 0.3) is 11.8 Å². The minimum absolute atomic E-state index is 0.169. The number of carbonyl (C=O) groups is 2. The van der Waals surface area contributed by atoms with Gasteiger partial charge in [-0.25, -0.2) is 0 Å². The SMILES string of the molecule is O=C(NCc1ccc(NC(=O)c2ccc(-c3ccccc3)cc2)cc1)c1cccnc1. The quantitative estimate of drug-likeness (QED) is 0.476. The summed E-state index contributed by atoms with van der Waals surface area (Å²) in [7, 11) is 0. The lowest BCUT2D eigenvalue weighted by molar-refractivity contribution is 0.0949. The van der Waals surface area contributed by atoms with Crippen molar-refractivity contribution in [2.75, 3.05) is 5.32 Å². The summed E-state index contributed by atoms with van der Waals surface area (Å²) in [6, 6.07) is 28.4. The van der Waals surface area contributed by atoms with Gasteiger partial charge < -0.3 is 10.6 Å². The summed E-state index contributed by atoms with van der Waals surface area (Å²) < 4.78 is 0. The number of aromatic nitrogens is 1. The second kappa shape index (κ2) is 9.50. The lowest BCUT2D eigenvalue weighted by atomic mass is 10.0. The Morgan fingerprint density at radius 2 is 1.39 bits per heavy atom. The molecule has 1 aromatic heterocycles. The first-order valence-electron chi connectivity index (χ1n) is 9.93. The predicted octanol–water partition coefficient (Wildman–Crippen LogP) is 4.93. The summed E-state index contributed by atoms with van der Waals surface area (Å²) >= 11 is 0. The predicted molar refractivity (Wildman–Crippen MR) is 122 cm³/mol. The molecule has 31 heavy (non-hydrogen) atoms. The highest BCUT2D eigenvalue weighted by Gasteiger charge is 2.08. The van der Waals surface area contributed by atoms with Crippen LogP contribution in [0.5, 0.6) is 0 Å². The molecule has 5 nitrogen and oxygen atoms in total. The van der Waals surface area contributed by atoms with Crippen molar-refractivity contribution in [1.29, 1.82) is 0 Å². The fourth-order valence-electron chi connectivity index (χ4n) is 3.14. The van der Waals surface area contributed by atoms with Gasteiger partial charge in [0.05, 0.1) is 5.56 Å². The Kier molecular flexibility index (Phi) is 6.14. The Hall–Kier alpha value is -4.25. The number of rotatable bonds is 6. The summed E-state index contributed by atoms with van der Waals surface area (Å²) in [6.45, 7) is 0.392.